The molecule has 0 aromatic carbocycles. The van der Waals surface area contributed by atoms with Crippen molar-refractivity contribution in [3.05, 3.63) is 12.4 Å². The molecule has 1 aromatic heterocycles. The number of nitrogens with one attached hydrogen (secondary N) is 1. The third-order valence-electron chi connectivity index (χ3n) is 3.01. The van der Waals surface area contributed by atoms with E-state index in [0.29, 0.717) is 5.92 Å². The van der Waals surface area contributed by atoms with Crippen molar-refractivity contribution in [3.8, 4) is 0 Å². The standard InChI is InChI=1S/C13H23N3O4S/c1-10(2)4-5-11(3)15-21(19,20)12-8-14-16(9-12)7-6-13(17)18/h8-11,15H,4-7H2,1-3H3,(H,17,18). The molecule has 0 radical (unpaired) electrons. The Morgan fingerprint density at radius 1 is 1.38 bits per heavy atom. The number of rotatable bonds is 9. The molecule has 1 rings (SSSR count). The average Bonchev–Trinajstić information content (AvgIpc) is 2.83. The fourth-order valence-corrected chi connectivity index (χ4v) is 3.02. The topological polar surface area (TPSA) is 101 Å². The lowest BCUT2D eigenvalue weighted by Crippen LogP contribution is -2.32. The molecule has 0 aliphatic rings. The largest absolute Gasteiger partial charge is 0.481 e. The van der Waals surface area contributed by atoms with Crippen LogP contribution in [-0.2, 0) is 21.4 Å². The van der Waals surface area contributed by atoms with Gasteiger partial charge in [0.15, 0.2) is 0 Å². The van der Waals surface area contributed by atoms with E-state index in [-0.39, 0.29) is 23.9 Å². The molecule has 1 heterocycles. The Morgan fingerprint density at radius 2 is 2.05 bits per heavy atom. The summed E-state index contributed by atoms with van der Waals surface area (Å²) in [6.07, 6.45) is 4.20. The van der Waals surface area contributed by atoms with E-state index in [1.54, 1.807) is 0 Å². The van der Waals surface area contributed by atoms with Crippen molar-refractivity contribution in [2.45, 2.75) is 57.5 Å². The summed E-state index contributed by atoms with van der Waals surface area (Å²) < 4.78 is 28.2. The molecule has 0 saturated heterocycles. The number of hydrogen-bond donors (Lipinski definition) is 2. The Labute approximate surface area is 125 Å². The highest BCUT2D eigenvalue weighted by molar-refractivity contribution is 7.89. The van der Waals surface area contributed by atoms with Crippen molar-refractivity contribution in [1.82, 2.24) is 14.5 Å². The van der Waals surface area contributed by atoms with Crippen LogP contribution in [0.1, 0.15) is 40.0 Å². The van der Waals surface area contributed by atoms with Crippen LogP contribution in [0, 0.1) is 5.92 Å². The zero-order chi connectivity index (χ0) is 16.0. The zero-order valence-corrected chi connectivity index (χ0v) is 13.4. The fourth-order valence-electron chi connectivity index (χ4n) is 1.79. The maximum absolute atomic E-state index is 12.2. The third kappa shape index (κ3) is 6.26. The molecule has 1 aromatic rings. The first-order valence-corrected chi connectivity index (χ1v) is 8.45. The van der Waals surface area contributed by atoms with E-state index in [1.807, 2.05) is 6.92 Å². The molecule has 1 atom stereocenters. The summed E-state index contributed by atoms with van der Waals surface area (Å²) in [5, 5.41) is 12.5. The Morgan fingerprint density at radius 3 is 2.62 bits per heavy atom. The molecular weight excluding hydrogens is 294 g/mol. The molecule has 21 heavy (non-hydrogen) atoms. The molecule has 120 valence electrons. The molecule has 0 bridgehead atoms. The predicted molar refractivity (Wildman–Crippen MR) is 78.3 cm³/mol. The van der Waals surface area contributed by atoms with Crippen LogP contribution in [0.2, 0.25) is 0 Å². The van der Waals surface area contributed by atoms with Crippen LogP contribution in [0.5, 0.6) is 0 Å². The van der Waals surface area contributed by atoms with E-state index in [9.17, 15) is 13.2 Å². The van der Waals surface area contributed by atoms with Gasteiger partial charge in [0, 0.05) is 12.2 Å². The zero-order valence-electron chi connectivity index (χ0n) is 12.6. The van der Waals surface area contributed by atoms with Gasteiger partial charge in [0.25, 0.3) is 0 Å². The summed E-state index contributed by atoms with van der Waals surface area (Å²) in [5.74, 6) is -0.425. The number of nitrogens with zero attached hydrogens (tertiary/aromatic N) is 2. The van der Waals surface area contributed by atoms with E-state index in [1.165, 1.54) is 17.1 Å². The number of sulfonamides is 1. The second-order valence-electron chi connectivity index (χ2n) is 5.58. The molecule has 0 aliphatic heterocycles. The minimum atomic E-state index is -3.61. The Bertz CT molecular complexity index is 566. The van der Waals surface area contributed by atoms with E-state index in [2.05, 4.69) is 23.7 Å². The van der Waals surface area contributed by atoms with Crippen LogP contribution in [0.3, 0.4) is 0 Å². The van der Waals surface area contributed by atoms with Crippen molar-refractivity contribution in [2.75, 3.05) is 0 Å². The molecule has 7 nitrogen and oxygen atoms in total. The van der Waals surface area contributed by atoms with Crippen molar-refractivity contribution < 1.29 is 18.3 Å². The number of hydrogen-bond acceptors (Lipinski definition) is 4. The normalized spacial score (nSPS) is 13.5. The van der Waals surface area contributed by atoms with Gasteiger partial charge >= 0.3 is 5.97 Å². The monoisotopic (exact) mass is 317 g/mol. The summed E-state index contributed by atoms with van der Waals surface area (Å²) in [5.41, 5.74) is 0. The van der Waals surface area contributed by atoms with Gasteiger partial charge in [0.05, 0.1) is 19.2 Å². The van der Waals surface area contributed by atoms with Gasteiger partial charge in [-0.1, -0.05) is 13.8 Å². The average molecular weight is 317 g/mol. The van der Waals surface area contributed by atoms with Crippen LogP contribution < -0.4 is 4.72 Å². The van der Waals surface area contributed by atoms with Gasteiger partial charge in [-0.3, -0.25) is 9.48 Å². The van der Waals surface area contributed by atoms with Crippen molar-refractivity contribution in [1.29, 1.82) is 0 Å². The maximum Gasteiger partial charge on any atom is 0.305 e. The highest BCUT2D eigenvalue weighted by Gasteiger charge is 2.19. The molecule has 0 spiro atoms. The molecule has 1 unspecified atom stereocenters. The first kappa shape index (κ1) is 17.6. The van der Waals surface area contributed by atoms with Crippen molar-refractivity contribution in [3.63, 3.8) is 0 Å². The van der Waals surface area contributed by atoms with E-state index in [0.717, 1.165) is 12.8 Å². The van der Waals surface area contributed by atoms with Crippen LogP contribution in [0.15, 0.2) is 17.3 Å². The van der Waals surface area contributed by atoms with Gasteiger partial charge in [-0.15, -0.1) is 0 Å². The van der Waals surface area contributed by atoms with Crippen molar-refractivity contribution >= 4 is 16.0 Å². The summed E-state index contributed by atoms with van der Waals surface area (Å²) in [7, 11) is -3.61. The second kappa shape index (κ2) is 7.56. The van der Waals surface area contributed by atoms with Crippen LogP contribution >= 0.6 is 0 Å². The quantitative estimate of drug-likeness (QED) is 0.718. The number of carbonyl (C=O) groups is 1. The SMILES string of the molecule is CC(C)CCC(C)NS(=O)(=O)c1cnn(CCC(=O)O)c1. The smallest absolute Gasteiger partial charge is 0.305 e. The summed E-state index contributed by atoms with van der Waals surface area (Å²) in [6.45, 7) is 6.16. The summed E-state index contributed by atoms with van der Waals surface area (Å²) in [4.78, 5) is 10.5. The third-order valence-corrected chi connectivity index (χ3v) is 4.55. The minimum Gasteiger partial charge on any atom is -0.481 e. The minimum absolute atomic E-state index is 0.0595. The Hall–Kier alpha value is -1.41. The lowest BCUT2D eigenvalue weighted by molar-refractivity contribution is -0.137. The molecule has 0 aliphatic carbocycles. The lowest BCUT2D eigenvalue weighted by atomic mass is 10.1. The van der Waals surface area contributed by atoms with Gasteiger partial charge in [0.2, 0.25) is 10.0 Å². The van der Waals surface area contributed by atoms with Gasteiger partial charge in [-0.05, 0) is 25.7 Å². The first-order chi connectivity index (χ1) is 9.70. The number of carboxylic acids is 1. The predicted octanol–water partition coefficient (Wildman–Crippen LogP) is 1.46. The van der Waals surface area contributed by atoms with Gasteiger partial charge in [-0.2, -0.15) is 5.10 Å². The van der Waals surface area contributed by atoms with E-state index < -0.39 is 16.0 Å². The van der Waals surface area contributed by atoms with Crippen LogP contribution in [-0.4, -0.2) is 35.3 Å². The number of carboxylic acid groups (broad SMARTS) is 1. The van der Waals surface area contributed by atoms with E-state index >= 15 is 0 Å². The molecular formula is C13H23N3O4S. The lowest BCUT2D eigenvalue weighted by Gasteiger charge is -2.14. The second-order valence-corrected chi connectivity index (χ2v) is 7.29. The van der Waals surface area contributed by atoms with Crippen LogP contribution in [0.4, 0.5) is 0 Å². The van der Waals surface area contributed by atoms with E-state index in [4.69, 9.17) is 5.11 Å². The van der Waals surface area contributed by atoms with Crippen molar-refractivity contribution in [2.24, 2.45) is 5.92 Å². The van der Waals surface area contributed by atoms with Gasteiger partial charge in [-0.25, -0.2) is 13.1 Å². The Kier molecular flexibility index (Phi) is 6.35. The number of aliphatic carboxylic acids is 1. The molecule has 0 amide bonds. The number of aryl methyl sites for hydroxylation is 1. The number of aromatic nitrogens is 2. The highest BCUT2D eigenvalue weighted by atomic mass is 32.2. The fraction of sp³-hybridized carbons (Fsp3) is 0.692. The Balaban J connectivity index is 2.63. The molecule has 2 N–H and O–H groups in total. The molecule has 8 heteroatoms. The van der Waals surface area contributed by atoms with Crippen LogP contribution in [0.25, 0.3) is 0 Å². The maximum atomic E-state index is 12.2. The van der Waals surface area contributed by atoms with Gasteiger partial charge < -0.3 is 5.11 Å². The first-order valence-electron chi connectivity index (χ1n) is 6.97. The molecule has 0 fully saturated rings. The summed E-state index contributed by atoms with van der Waals surface area (Å²) in [6, 6.07) is -0.153. The molecule has 0 saturated carbocycles. The highest BCUT2D eigenvalue weighted by Crippen LogP contribution is 2.11. The summed E-state index contributed by atoms with van der Waals surface area (Å²) >= 11 is 0. The van der Waals surface area contributed by atoms with Gasteiger partial charge in [0.1, 0.15) is 4.90 Å².